The molecule has 1 aromatic heterocycles. The molecule has 30 heavy (non-hydrogen) atoms. The van der Waals surface area contributed by atoms with Crippen molar-refractivity contribution < 1.29 is 0 Å². The van der Waals surface area contributed by atoms with E-state index in [0.29, 0.717) is 0 Å². The van der Waals surface area contributed by atoms with E-state index < -0.39 is 0 Å². The predicted molar refractivity (Wildman–Crippen MR) is 140 cm³/mol. The Hall–Kier alpha value is -0.300. The molecule has 176 valence electrons. The van der Waals surface area contributed by atoms with E-state index in [0.717, 1.165) is 0 Å². The van der Waals surface area contributed by atoms with Gasteiger partial charge in [0.2, 0.25) is 0 Å². The van der Waals surface area contributed by atoms with E-state index >= 15 is 0 Å². The van der Waals surface area contributed by atoms with Gasteiger partial charge in [-0.15, -0.1) is 0 Å². The van der Waals surface area contributed by atoms with Gasteiger partial charge in [-0.2, -0.15) is 11.3 Å². The zero-order chi connectivity index (χ0) is 21.5. The normalized spacial score (nSPS) is 11.4. The number of aryl methyl sites for hydroxylation is 2. The van der Waals surface area contributed by atoms with Crippen molar-refractivity contribution in [2.75, 3.05) is 0 Å². The molecule has 0 bridgehead atoms. The lowest BCUT2D eigenvalue weighted by Gasteiger charge is -2.06. The zero-order valence-electron chi connectivity index (χ0n) is 20.8. The van der Waals surface area contributed by atoms with Crippen molar-refractivity contribution in [2.45, 2.75) is 162 Å². The Morgan fingerprint density at radius 1 is 0.400 bits per heavy atom. The summed E-state index contributed by atoms with van der Waals surface area (Å²) in [6.07, 6.45) is 32.9. The molecule has 1 rings (SSSR count). The van der Waals surface area contributed by atoms with Crippen LogP contribution in [0, 0.1) is 0 Å². The van der Waals surface area contributed by atoms with Crippen LogP contribution in [0.1, 0.15) is 160 Å². The predicted octanol–water partition coefficient (Wildman–Crippen LogP) is 11.1. The van der Waals surface area contributed by atoms with Gasteiger partial charge in [0.25, 0.3) is 0 Å². The van der Waals surface area contributed by atoms with Gasteiger partial charge in [-0.25, -0.2) is 0 Å². The monoisotopic (exact) mass is 434 g/mol. The van der Waals surface area contributed by atoms with E-state index in [4.69, 9.17) is 0 Å². The lowest BCUT2D eigenvalue weighted by atomic mass is 10.00. The van der Waals surface area contributed by atoms with E-state index in [1.807, 2.05) is 11.3 Å². The number of rotatable bonds is 23. The SMILES string of the molecule is CCCCCCCCCCCCCCc1cscc1CCCCCCCCCCC. The van der Waals surface area contributed by atoms with Crippen molar-refractivity contribution >= 4 is 11.3 Å². The van der Waals surface area contributed by atoms with Crippen molar-refractivity contribution in [3.8, 4) is 0 Å². The van der Waals surface area contributed by atoms with Crippen LogP contribution in [0.2, 0.25) is 0 Å². The van der Waals surface area contributed by atoms with Gasteiger partial charge in [0.15, 0.2) is 0 Å². The minimum Gasteiger partial charge on any atom is -0.152 e. The Kier molecular flexibility index (Phi) is 20.3. The van der Waals surface area contributed by atoms with Gasteiger partial charge >= 0.3 is 0 Å². The Morgan fingerprint density at radius 2 is 0.667 bits per heavy atom. The van der Waals surface area contributed by atoms with E-state index in [9.17, 15) is 0 Å². The maximum absolute atomic E-state index is 2.43. The molecule has 0 fully saturated rings. The third-order valence-corrected chi connectivity index (χ3v) is 7.52. The quantitative estimate of drug-likeness (QED) is 0.150. The first-order valence-electron chi connectivity index (χ1n) is 13.9. The first-order valence-corrected chi connectivity index (χ1v) is 14.9. The highest BCUT2D eigenvalue weighted by Crippen LogP contribution is 2.21. The molecule has 0 unspecified atom stereocenters. The highest BCUT2D eigenvalue weighted by atomic mass is 32.1. The van der Waals surface area contributed by atoms with E-state index in [2.05, 4.69) is 24.6 Å². The lowest BCUT2D eigenvalue weighted by molar-refractivity contribution is 0.543. The van der Waals surface area contributed by atoms with E-state index in [1.165, 1.54) is 148 Å². The van der Waals surface area contributed by atoms with Crippen molar-refractivity contribution in [2.24, 2.45) is 0 Å². The summed E-state index contributed by atoms with van der Waals surface area (Å²) in [6.45, 7) is 4.61. The zero-order valence-corrected chi connectivity index (χ0v) is 21.6. The molecule has 0 aromatic carbocycles. The molecule has 0 N–H and O–H groups in total. The summed E-state index contributed by atoms with van der Waals surface area (Å²) in [5.74, 6) is 0. The molecule has 1 heterocycles. The Labute approximate surface area is 194 Å². The summed E-state index contributed by atoms with van der Waals surface area (Å²) < 4.78 is 0. The molecule has 0 radical (unpaired) electrons. The molecule has 0 aliphatic heterocycles. The second-order valence-corrected chi connectivity index (χ2v) is 10.4. The summed E-state index contributed by atoms with van der Waals surface area (Å²) in [5.41, 5.74) is 3.35. The average Bonchev–Trinajstić information content (AvgIpc) is 3.20. The summed E-state index contributed by atoms with van der Waals surface area (Å²) >= 11 is 1.93. The molecule has 0 saturated heterocycles. The van der Waals surface area contributed by atoms with Crippen LogP contribution in [-0.4, -0.2) is 0 Å². The van der Waals surface area contributed by atoms with Crippen LogP contribution in [0.3, 0.4) is 0 Å². The number of hydrogen-bond donors (Lipinski definition) is 0. The molecule has 0 spiro atoms. The highest BCUT2D eigenvalue weighted by Gasteiger charge is 2.04. The van der Waals surface area contributed by atoms with Crippen LogP contribution in [0.5, 0.6) is 0 Å². The molecule has 0 nitrogen and oxygen atoms in total. The largest absolute Gasteiger partial charge is 0.152 e. The smallest absolute Gasteiger partial charge is 0.00584 e. The summed E-state index contributed by atoms with van der Waals surface area (Å²) in [6, 6.07) is 0. The average molecular weight is 435 g/mol. The number of unbranched alkanes of at least 4 members (excludes halogenated alkanes) is 19. The molecule has 0 amide bonds. The molecule has 0 saturated carbocycles. The Morgan fingerprint density at radius 3 is 0.967 bits per heavy atom. The summed E-state index contributed by atoms with van der Waals surface area (Å²) in [5, 5.41) is 4.86. The van der Waals surface area contributed by atoms with Crippen LogP contribution < -0.4 is 0 Å². The standard InChI is InChI=1S/C29H54S/c1-3-5-7-9-11-13-14-15-17-19-21-23-25-29-27-30-26-28(29)24-22-20-18-16-12-10-8-6-4-2/h26-27H,3-25H2,1-2H3. The fourth-order valence-electron chi connectivity index (χ4n) is 4.57. The van der Waals surface area contributed by atoms with Crippen LogP contribution in [0.15, 0.2) is 10.8 Å². The molecule has 1 aromatic rings. The first-order chi connectivity index (χ1) is 14.9. The first kappa shape index (κ1) is 27.7. The van der Waals surface area contributed by atoms with Gasteiger partial charge in [0.1, 0.15) is 0 Å². The second kappa shape index (κ2) is 21.9. The van der Waals surface area contributed by atoms with Crippen molar-refractivity contribution in [1.29, 1.82) is 0 Å². The second-order valence-electron chi connectivity index (χ2n) is 9.64. The Bertz CT molecular complexity index is 447. The minimum atomic E-state index is 1.33. The number of hydrogen-bond acceptors (Lipinski definition) is 1. The van der Waals surface area contributed by atoms with Gasteiger partial charge < -0.3 is 0 Å². The molecule has 0 atom stereocenters. The van der Waals surface area contributed by atoms with E-state index in [-0.39, 0.29) is 0 Å². The van der Waals surface area contributed by atoms with Crippen LogP contribution in [0.4, 0.5) is 0 Å². The Balaban J connectivity index is 1.91. The van der Waals surface area contributed by atoms with Gasteiger partial charge in [0.05, 0.1) is 0 Å². The molecule has 0 aliphatic carbocycles. The highest BCUT2D eigenvalue weighted by molar-refractivity contribution is 7.08. The molecule has 1 heteroatoms. The maximum Gasteiger partial charge on any atom is -0.00584 e. The minimum absolute atomic E-state index is 1.33. The van der Waals surface area contributed by atoms with E-state index in [1.54, 1.807) is 11.1 Å². The van der Waals surface area contributed by atoms with Crippen molar-refractivity contribution in [1.82, 2.24) is 0 Å². The summed E-state index contributed by atoms with van der Waals surface area (Å²) in [4.78, 5) is 0. The number of thiophene rings is 1. The fraction of sp³-hybridized carbons (Fsp3) is 0.862. The van der Waals surface area contributed by atoms with Gasteiger partial charge in [0, 0.05) is 0 Å². The molecular weight excluding hydrogens is 380 g/mol. The lowest BCUT2D eigenvalue weighted by Crippen LogP contribution is -1.92. The van der Waals surface area contributed by atoms with Crippen LogP contribution >= 0.6 is 11.3 Å². The van der Waals surface area contributed by atoms with Gasteiger partial charge in [-0.05, 0) is 47.6 Å². The van der Waals surface area contributed by atoms with Crippen molar-refractivity contribution in [3.05, 3.63) is 21.9 Å². The van der Waals surface area contributed by atoms with Crippen molar-refractivity contribution in [3.63, 3.8) is 0 Å². The topological polar surface area (TPSA) is 0 Å². The van der Waals surface area contributed by atoms with Gasteiger partial charge in [-0.1, -0.05) is 136 Å². The third kappa shape index (κ3) is 16.4. The fourth-order valence-corrected chi connectivity index (χ4v) is 5.51. The maximum atomic E-state index is 2.43. The van der Waals surface area contributed by atoms with Crippen LogP contribution in [0.25, 0.3) is 0 Å². The molecular formula is C29H54S. The summed E-state index contributed by atoms with van der Waals surface area (Å²) in [7, 11) is 0. The molecule has 0 aliphatic rings. The van der Waals surface area contributed by atoms with Gasteiger partial charge in [-0.3, -0.25) is 0 Å². The van der Waals surface area contributed by atoms with Crippen LogP contribution in [-0.2, 0) is 12.8 Å². The third-order valence-electron chi connectivity index (χ3n) is 6.68.